The van der Waals surface area contributed by atoms with Crippen molar-refractivity contribution in [2.24, 2.45) is 11.1 Å². The quantitative estimate of drug-likeness (QED) is 0.324. The molecule has 4 nitrogen and oxygen atoms in total. The zero-order valence-corrected chi connectivity index (χ0v) is 16.3. The molecule has 2 N–H and O–H groups in total. The molecular formula is C19H41NO3. The van der Waals surface area contributed by atoms with Crippen molar-refractivity contribution in [2.75, 3.05) is 27.9 Å². The first-order valence-corrected chi connectivity index (χ1v) is 9.47. The van der Waals surface area contributed by atoms with Crippen molar-refractivity contribution in [1.29, 1.82) is 0 Å². The fraction of sp³-hybridized carbons (Fsp3) is 1.00. The van der Waals surface area contributed by atoms with Gasteiger partial charge in [-0.25, -0.2) is 0 Å². The molecular weight excluding hydrogens is 290 g/mol. The predicted octanol–water partition coefficient (Wildman–Crippen LogP) is 4.86. The Bertz CT molecular complexity index is 261. The maximum absolute atomic E-state index is 5.79. The Morgan fingerprint density at radius 1 is 0.652 bits per heavy atom. The summed E-state index contributed by atoms with van der Waals surface area (Å²) in [6, 6.07) is 0. The number of ether oxygens (including phenoxy) is 3. The van der Waals surface area contributed by atoms with Gasteiger partial charge in [0.15, 0.2) is 0 Å². The second-order valence-electron chi connectivity index (χ2n) is 6.61. The molecule has 0 amide bonds. The van der Waals surface area contributed by atoms with Gasteiger partial charge in [-0.3, -0.25) is 0 Å². The van der Waals surface area contributed by atoms with E-state index in [1.807, 2.05) is 0 Å². The maximum Gasteiger partial charge on any atom is 0.288 e. The Morgan fingerprint density at radius 3 is 1.65 bits per heavy atom. The SMILES string of the molecule is CCCCCCCCC(CCC)(CCCN)C(OC)(OC)OC. The van der Waals surface area contributed by atoms with Crippen LogP contribution in [0, 0.1) is 5.41 Å². The molecule has 0 saturated heterocycles. The summed E-state index contributed by atoms with van der Waals surface area (Å²) in [6.45, 7) is 5.16. The number of hydrogen-bond donors (Lipinski definition) is 1. The van der Waals surface area contributed by atoms with E-state index in [1.54, 1.807) is 21.3 Å². The van der Waals surface area contributed by atoms with Gasteiger partial charge in [-0.1, -0.05) is 58.8 Å². The van der Waals surface area contributed by atoms with Crippen LogP contribution in [0.1, 0.15) is 84.5 Å². The number of methoxy groups -OCH3 is 3. The summed E-state index contributed by atoms with van der Waals surface area (Å²) in [5.41, 5.74) is 5.65. The summed E-state index contributed by atoms with van der Waals surface area (Å²) in [5.74, 6) is -0.971. The van der Waals surface area contributed by atoms with E-state index in [4.69, 9.17) is 19.9 Å². The number of rotatable bonds is 16. The van der Waals surface area contributed by atoms with E-state index >= 15 is 0 Å². The zero-order valence-electron chi connectivity index (χ0n) is 16.3. The molecule has 1 atom stereocenters. The van der Waals surface area contributed by atoms with Crippen LogP contribution in [0.5, 0.6) is 0 Å². The van der Waals surface area contributed by atoms with Crippen molar-refractivity contribution in [3.8, 4) is 0 Å². The highest BCUT2D eigenvalue weighted by molar-refractivity contribution is 4.88. The van der Waals surface area contributed by atoms with E-state index in [2.05, 4.69) is 13.8 Å². The van der Waals surface area contributed by atoms with Gasteiger partial charge < -0.3 is 19.9 Å². The highest BCUT2D eigenvalue weighted by atomic mass is 16.9. The zero-order chi connectivity index (χ0) is 17.6. The minimum absolute atomic E-state index is 0.135. The van der Waals surface area contributed by atoms with Gasteiger partial charge in [0, 0.05) is 21.3 Å². The van der Waals surface area contributed by atoms with Gasteiger partial charge in [-0.05, 0) is 32.2 Å². The molecule has 0 aromatic rings. The molecule has 0 saturated carbocycles. The Balaban J connectivity index is 5.00. The van der Waals surface area contributed by atoms with E-state index in [0.29, 0.717) is 6.54 Å². The van der Waals surface area contributed by atoms with Crippen LogP contribution in [-0.4, -0.2) is 33.8 Å². The topological polar surface area (TPSA) is 53.7 Å². The van der Waals surface area contributed by atoms with Gasteiger partial charge in [0.2, 0.25) is 0 Å². The Kier molecular flexibility index (Phi) is 13.1. The van der Waals surface area contributed by atoms with Crippen molar-refractivity contribution in [1.82, 2.24) is 0 Å². The average Bonchev–Trinajstić information content (AvgIpc) is 2.58. The largest absolute Gasteiger partial charge is 0.330 e. The minimum Gasteiger partial charge on any atom is -0.330 e. The van der Waals surface area contributed by atoms with E-state index in [9.17, 15) is 0 Å². The van der Waals surface area contributed by atoms with Gasteiger partial charge in [-0.2, -0.15) is 0 Å². The normalized spacial score (nSPS) is 14.9. The highest BCUT2D eigenvalue weighted by Gasteiger charge is 2.52. The monoisotopic (exact) mass is 331 g/mol. The highest BCUT2D eigenvalue weighted by Crippen LogP contribution is 2.48. The Hall–Kier alpha value is -0.160. The standard InChI is InChI=1S/C19H41NO3/c1-6-8-9-10-11-12-15-18(14-7-2,16-13-17-20)19(21-3,22-4)23-5/h6-17,20H2,1-5H3. The molecule has 0 radical (unpaired) electrons. The molecule has 23 heavy (non-hydrogen) atoms. The van der Waals surface area contributed by atoms with Gasteiger partial charge in [0.05, 0.1) is 5.41 Å². The molecule has 0 heterocycles. The van der Waals surface area contributed by atoms with Crippen molar-refractivity contribution in [2.45, 2.75) is 90.4 Å². The fourth-order valence-electron chi connectivity index (χ4n) is 3.90. The van der Waals surface area contributed by atoms with Crippen LogP contribution in [0.3, 0.4) is 0 Å². The first kappa shape index (κ1) is 22.8. The number of nitrogens with two attached hydrogens (primary N) is 1. The molecule has 0 aliphatic heterocycles. The lowest BCUT2D eigenvalue weighted by atomic mass is 9.72. The summed E-state index contributed by atoms with van der Waals surface area (Å²) in [7, 11) is 5.04. The van der Waals surface area contributed by atoms with Crippen LogP contribution in [0.15, 0.2) is 0 Å². The molecule has 4 heteroatoms. The van der Waals surface area contributed by atoms with Crippen LogP contribution in [0.25, 0.3) is 0 Å². The third kappa shape index (κ3) is 6.69. The fourth-order valence-corrected chi connectivity index (χ4v) is 3.90. The lowest BCUT2D eigenvalue weighted by Crippen LogP contribution is -2.53. The van der Waals surface area contributed by atoms with Gasteiger partial charge in [0.25, 0.3) is 5.97 Å². The lowest BCUT2D eigenvalue weighted by Gasteiger charge is -2.47. The van der Waals surface area contributed by atoms with Gasteiger partial charge >= 0.3 is 0 Å². The number of unbranched alkanes of at least 4 members (excludes halogenated alkanes) is 5. The maximum atomic E-state index is 5.79. The second-order valence-corrected chi connectivity index (χ2v) is 6.61. The molecule has 1 unspecified atom stereocenters. The van der Waals surface area contributed by atoms with Gasteiger partial charge in [0.1, 0.15) is 0 Å². The summed E-state index contributed by atoms with van der Waals surface area (Å²) >= 11 is 0. The third-order valence-electron chi connectivity index (χ3n) is 5.05. The van der Waals surface area contributed by atoms with Crippen LogP contribution < -0.4 is 5.73 Å². The van der Waals surface area contributed by atoms with E-state index in [1.165, 1.54) is 38.5 Å². The summed E-state index contributed by atoms with van der Waals surface area (Å²) in [6.07, 6.45) is 12.8. The van der Waals surface area contributed by atoms with E-state index < -0.39 is 5.97 Å². The second kappa shape index (κ2) is 13.2. The molecule has 0 aliphatic rings. The molecule has 0 aromatic carbocycles. The lowest BCUT2D eigenvalue weighted by molar-refractivity contribution is -0.411. The van der Waals surface area contributed by atoms with E-state index in [-0.39, 0.29) is 5.41 Å². The molecule has 140 valence electrons. The minimum atomic E-state index is -0.971. The number of hydrogen-bond acceptors (Lipinski definition) is 4. The first-order chi connectivity index (χ1) is 11.1. The predicted molar refractivity (Wildman–Crippen MR) is 97.4 cm³/mol. The van der Waals surface area contributed by atoms with Crippen LogP contribution >= 0.6 is 0 Å². The smallest absolute Gasteiger partial charge is 0.288 e. The molecule has 0 fully saturated rings. The molecule has 0 rings (SSSR count). The van der Waals surface area contributed by atoms with Crippen LogP contribution in [0.2, 0.25) is 0 Å². The third-order valence-corrected chi connectivity index (χ3v) is 5.05. The van der Waals surface area contributed by atoms with Crippen LogP contribution in [0.4, 0.5) is 0 Å². The van der Waals surface area contributed by atoms with Crippen LogP contribution in [-0.2, 0) is 14.2 Å². The summed E-state index contributed by atoms with van der Waals surface area (Å²) in [4.78, 5) is 0. The summed E-state index contributed by atoms with van der Waals surface area (Å²) in [5, 5.41) is 0. The molecule has 0 aromatic heterocycles. The average molecular weight is 332 g/mol. The van der Waals surface area contributed by atoms with Crippen molar-refractivity contribution in [3.05, 3.63) is 0 Å². The van der Waals surface area contributed by atoms with Gasteiger partial charge in [-0.15, -0.1) is 0 Å². The Morgan fingerprint density at radius 2 is 1.17 bits per heavy atom. The van der Waals surface area contributed by atoms with Crippen molar-refractivity contribution < 1.29 is 14.2 Å². The molecule has 0 aliphatic carbocycles. The van der Waals surface area contributed by atoms with Crippen molar-refractivity contribution >= 4 is 0 Å². The molecule has 0 spiro atoms. The first-order valence-electron chi connectivity index (χ1n) is 9.47. The van der Waals surface area contributed by atoms with Crippen molar-refractivity contribution in [3.63, 3.8) is 0 Å². The Labute approximate surface area is 144 Å². The molecule has 0 bridgehead atoms. The summed E-state index contributed by atoms with van der Waals surface area (Å²) < 4.78 is 17.3. The van der Waals surface area contributed by atoms with E-state index in [0.717, 1.165) is 32.1 Å².